The summed E-state index contributed by atoms with van der Waals surface area (Å²) in [5.74, 6) is -0.696. The minimum atomic E-state index is -3.60. The number of benzene rings is 1. The van der Waals surface area contributed by atoms with Gasteiger partial charge < -0.3 is 4.90 Å². The van der Waals surface area contributed by atoms with Crippen LogP contribution in [0, 0.1) is 6.92 Å². The highest BCUT2D eigenvalue weighted by Crippen LogP contribution is 2.28. The Balaban J connectivity index is 2.37. The first kappa shape index (κ1) is 21.5. The van der Waals surface area contributed by atoms with Crippen LogP contribution in [0.15, 0.2) is 40.0 Å². The molecule has 1 aromatic carbocycles. The highest BCUT2D eigenvalue weighted by atomic mass is 127. The van der Waals surface area contributed by atoms with Crippen LogP contribution in [-0.4, -0.2) is 36.5 Å². The van der Waals surface area contributed by atoms with Gasteiger partial charge in [-0.1, -0.05) is 32.9 Å². The minimum absolute atomic E-state index is 0.0757. The lowest BCUT2D eigenvalue weighted by molar-refractivity contribution is -0.118. The van der Waals surface area contributed by atoms with E-state index in [9.17, 15) is 18.0 Å². The van der Waals surface area contributed by atoms with Gasteiger partial charge in [-0.25, -0.2) is 8.42 Å². The molecule has 1 aromatic rings. The smallest absolute Gasteiger partial charge is 0.258 e. The zero-order valence-corrected chi connectivity index (χ0v) is 18.7. The molecule has 27 heavy (non-hydrogen) atoms. The average molecular weight is 502 g/mol. The SMILES string of the molecule is Cc1c(CC(=O)NS(C)(=O)=O)cccc1N(C(=O)C1=CC=IC=C1)C(C)C. The highest BCUT2D eigenvalue weighted by molar-refractivity contribution is 14.2. The Labute approximate surface area is 170 Å². The normalized spacial score (nSPS) is 13.7. The lowest BCUT2D eigenvalue weighted by Crippen LogP contribution is -2.38. The molecule has 6 nitrogen and oxygen atoms in total. The van der Waals surface area contributed by atoms with Crippen LogP contribution < -0.4 is 9.62 Å². The Morgan fingerprint density at radius 1 is 1.26 bits per heavy atom. The predicted octanol–water partition coefficient (Wildman–Crippen LogP) is 2.58. The van der Waals surface area contributed by atoms with Crippen molar-refractivity contribution in [1.82, 2.24) is 4.72 Å². The first-order valence-electron chi connectivity index (χ1n) is 8.35. The number of anilines is 1. The zero-order chi connectivity index (χ0) is 20.2. The van der Waals surface area contributed by atoms with Crippen LogP contribution in [0.5, 0.6) is 0 Å². The summed E-state index contributed by atoms with van der Waals surface area (Å²) in [4.78, 5) is 26.7. The van der Waals surface area contributed by atoms with Crippen LogP contribution in [0.1, 0.15) is 25.0 Å². The van der Waals surface area contributed by atoms with Gasteiger partial charge in [0.25, 0.3) is 5.91 Å². The molecule has 2 amide bonds. The Kier molecular flexibility index (Phi) is 7.10. The molecule has 1 aliphatic heterocycles. The number of hydrogen-bond acceptors (Lipinski definition) is 4. The van der Waals surface area contributed by atoms with Crippen molar-refractivity contribution in [2.45, 2.75) is 33.2 Å². The molecule has 0 radical (unpaired) electrons. The molecule has 146 valence electrons. The zero-order valence-electron chi connectivity index (χ0n) is 15.7. The van der Waals surface area contributed by atoms with E-state index in [1.54, 1.807) is 17.0 Å². The Morgan fingerprint density at radius 2 is 1.96 bits per heavy atom. The van der Waals surface area contributed by atoms with Crippen LogP contribution in [0.2, 0.25) is 0 Å². The summed E-state index contributed by atoms with van der Waals surface area (Å²) in [7, 11) is -3.60. The Morgan fingerprint density at radius 3 is 2.52 bits per heavy atom. The second kappa shape index (κ2) is 8.92. The summed E-state index contributed by atoms with van der Waals surface area (Å²) < 4.78 is 28.6. The largest absolute Gasteiger partial charge is 0.306 e. The summed E-state index contributed by atoms with van der Waals surface area (Å²) in [6.07, 6.45) is 4.60. The minimum Gasteiger partial charge on any atom is -0.306 e. The van der Waals surface area contributed by atoms with Crippen molar-refractivity contribution in [3.63, 3.8) is 0 Å². The van der Waals surface area contributed by atoms with Gasteiger partial charge in [-0.2, -0.15) is 0 Å². The van der Waals surface area contributed by atoms with Crippen molar-refractivity contribution in [2.24, 2.45) is 0 Å². The fraction of sp³-hybridized carbons (Fsp3) is 0.316. The lowest BCUT2D eigenvalue weighted by atomic mass is 10.0. The van der Waals surface area contributed by atoms with E-state index in [-0.39, 0.29) is 39.1 Å². The van der Waals surface area contributed by atoms with E-state index in [0.717, 1.165) is 11.8 Å². The van der Waals surface area contributed by atoms with Gasteiger partial charge in [-0.05, 0) is 58.2 Å². The van der Waals surface area contributed by atoms with Crippen LogP contribution >= 0.6 is 20.7 Å². The van der Waals surface area contributed by atoms with Gasteiger partial charge >= 0.3 is 0 Å². The quantitative estimate of drug-likeness (QED) is 0.607. The van der Waals surface area contributed by atoms with Gasteiger partial charge in [-0.15, -0.1) is 0 Å². The summed E-state index contributed by atoms with van der Waals surface area (Å²) in [5.41, 5.74) is 2.81. The summed E-state index contributed by atoms with van der Waals surface area (Å²) in [6, 6.07) is 5.30. The Hall–Kier alpha value is -1.81. The number of nitrogens with one attached hydrogen (secondary N) is 1. The van der Waals surface area contributed by atoms with E-state index in [1.165, 1.54) is 0 Å². The number of hydrogen-bond donors (Lipinski definition) is 1. The first-order chi connectivity index (χ1) is 12.6. The maximum atomic E-state index is 13.1. The molecule has 0 aliphatic carbocycles. The van der Waals surface area contributed by atoms with Crippen molar-refractivity contribution >= 4 is 52.3 Å². The molecule has 0 spiro atoms. The molecule has 0 fully saturated rings. The van der Waals surface area contributed by atoms with Crippen LogP contribution in [0.25, 0.3) is 0 Å². The van der Waals surface area contributed by atoms with E-state index in [4.69, 9.17) is 0 Å². The number of nitrogens with zero attached hydrogens (tertiary/aromatic N) is 1. The van der Waals surface area contributed by atoms with Crippen molar-refractivity contribution in [3.05, 3.63) is 51.1 Å². The van der Waals surface area contributed by atoms with E-state index >= 15 is 0 Å². The average Bonchev–Trinajstić information content (AvgIpc) is 2.57. The molecule has 1 aliphatic rings. The molecule has 0 aromatic heterocycles. The first-order valence-corrected chi connectivity index (χ1v) is 12.7. The number of allylic oxidation sites excluding steroid dienone is 1. The predicted molar refractivity (Wildman–Crippen MR) is 118 cm³/mol. The van der Waals surface area contributed by atoms with Gasteiger partial charge in [0, 0.05) is 17.3 Å². The van der Waals surface area contributed by atoms with E-state index in [1.807, 2.05) is 51.8 Å². The monoisotopic (exact) mass is 502 g/mol. The van der Waals surface area contributed by atoms with Crippen LogP contribution in [0.4, 0.5) is 5.69 Å². The van der Waals surface area contributed by atoms with E-state index in [0.29, 0.717) is 16.8 Å². The molecule has 2 rings (SSSR count). The van der Waals surface area contributed by atoms with E-state index < -0.39 is 15.9 Å². The number of rotatable bonds is 6. The van der Waals surface area contributed by atoms with Crippen molar-refractivity contribution < 1.29 is 18.0 Å². The van der Waals surface area contributed by atoms with Gasteiger partial charge in [0.15, 0.2) is 0 Å². The molecule has 0 bridgehead atoms. The highest BCUT2D eigenvalue weighted by Gasteiger charge is 2.24. The summed E-state index contributed by atoms with van der Waals surface area (Å²) in [6.45, 7) is 5.71. The van der Waals surface area contributed by atoms with Crippen molar-refractivity contribution in [2.75, 3.05) is 11.2 Å². The lowest BCUT2D eigenvalue weighted by Gasteiger charge is -2.29. The number of amides is 2. The summed E-state index contributed by atoms with van der Waals surface area (Å²) in [5, 5.41) is 0. The summed E-state index contributed by atoms with van der Waals surface area (Å²) >= 11 is -0.109. The second-order valence-electron chi connectivity index (χ2n) is 6.47. The third-order valence-electron chi connectivity index (χ3n) is 3.94. The third-order valence-corrected chi connectivity index (χ3v) is 6.09. The maximum absolute atomic E-state index is 13.1. The second-order valence-corrected chi connectivity index (χ2v) is 10.4. The molecule has 8 heteroatoms. The molecule has 0 saturated heterocycles. The topological polar surface area (TPSA) is 83.6 Å². The molecule has 1 heterocycles. The number of halogens is 1. The van der Waals surface area contributed by atoms with Crippen molar-refractivity contribution in [1.29, 1.82) is 0 Å². The third kappa shape index (κ3) is 5.83. The van der Waals surface area contributed by atoms with Gasteiger partial charge in [0.1, 0.15) is 0 Å². The Bertz CT molecular complexity index is 946. The molecule has 0 atom stereocenters. The standard InChI is InChI=1S/C19H23IN2O4S/c1-13(2)22(19(24)15-8-10-20-11-9-15)17-7-5-6-16(14(17)3)12-18(23)21-27(4,25)26/h5-11,13H,12H2,1-4H3,(H,21,23). The molecule has 0 saturated carbocycles. The van der Waals surface area contributed by atoms with E-state index in [2.05, 4.69) is 0 Å². The fourth-order valence-electron chi connectivity index (χ4n) is 2.75. The number of carbonyl (C=O) groups is 2. The molecule has 1 N–H and O–H groups in total. The maximum Gasteiger partial charge on any atom is 0.258 e. The number of carbonyl (C=O) groups excluding carboxylic acids is 2. The van der Waals surface area contributed by atoms with Gasteiger partial charge in [-0.3, -0.25) is 14.3 Å². The van der Waals surface area contributed by atoms with Crippen LogP contribution in [0.3, 0.4) is 0 Å². The number of sulfonamides is 1. The molecule has 0 unspecified atom stereocenters. The van der Waals surface area contributed by atoms with Gasteiger partial charge in [0.2, 0.25) is 15.9 Å². The fourth-order valence-corrected chi connectivity index (χ4v) is 4.66. The molecular formula is C19H23IN2O4S. The van der Waals surface area contributed by atoms with Gasteiger partial charge in [0.05, 0.1) is 12.7 Å². The van der Waals surface area contributed by atoms with Crippen LogP contribution in [-0.2, 0) is 26.0 Å². The molecular weight excluding hydrogens is 479 g/mol. The van der Waals surface area contributed by atoms with Crippen molar-refractivity contribution in [3.8, 4) is 0 Å².